The molecule has 0 unspecified atom stereocenters. The molecule has 7 heteroatoms. The van der Waals surface area contributed by atoms with E-state index in [0.29, 0.717) is 23.2 Å². The normalized spacial score (nSPS) is 13.7. The van der Waals surface area contributed by atoms with Gasteiger partial charge in [-0.2, -0.15) is 5.10 Å². The standard InChI is InChI=1S/C24H17FN2O3S/c25-20-12-10-18(11-13-20)22-21(17-6-8-19(9-7-17)24-29-31-30-24)14-26-27(23(22)28)15-16-4-2-1-3-5-16/h1-14,24H,15H2. The van der Waals surface area contributed by atoms with Crippen LogP contribution in [0.2, 0.25) is 0 Å². The maximum Gasteiger partial charge on any atom is 0.275 e. The third-order valence-electron chi connectivity index (χ3n) is 5.10. The van der Waals surface area contributed by atoms with Crippen LogP contribution in [0.3, 0.4) is 0 Å². The summed E-state index contributed by atoms with van der Waals surface area (Å²) in [5.74, 6) is -0.355. The van der Waals surface area contributed by atoms with E-state index in [-0.39, 0.29) is 17.7 Å². The van der Waals surface area contributed by atoms with Crippen LogP contribution in [0.15, 0.2) is 89.9 Å². The van der Waals surface area contributed by atoms with Crippen molar-refractivity contribution in [1.29, 1.82) is 0 Å². The molecule has 0 radical (unpaired) electrons. The Morgan fingerprint density at radius 1 is 0.903 bits per heavy atom. The van der Waals surface area contributed by atoms with Crippen LogP contribution in [0, 0.1) is 5.82 Å². The van der Waals surface area contributed by atoms with Crippen LogP contribution in [0.5, 0.6) is 0 Å². The Kier molecular flexibility index (Phi) is 5.38. The highest BCUT2D eigenvalue weighted by Gasteiger charge is 2.24. The lowest BCUT2D eigenvalue weighted by molar-refractivity contribution is -0.0429. The molecule has 1 saturated heterocycles. The zero-order valence-corrected chi connectivity index (χ0v) is 17.1. The van der Waals surface area contributed by atoms with Crippen LogP contribution in [-0.2, 0) is 14.9 Å². The molecule has 0 aliphatic carbocycles. The summed E-state index contributed by atoms with van der Waals surface area (Å²) in [4.78, 5) is 13.4. The third-order valence-corrected chi connectivity index (χ3v) is 5.61. The second kappa shape index (κ2) is 8.47. The molecule has 1 fully saturated rings. The molecule has 0 amide bonds. The Morgan fingerprint density at radius 3 is 2.23 bits per heavy atom. The van der Waals surface area contributed by atoms with E-state index in [4.69, 9.17) is 8.37 Å². The van der Waals surface area contributed by atoms with E-state index in [1.165, 1.54) is 16.8 Å². The molecule has 4 aromatic rings. The summed E-state index contributed by atoms with van der Waals surface area (Å²) in [5, 5.41) is 4.42. The van der Waals surface area contributed by atoms with Gasteiger partial charge in [0.1, 0.15) is 5.82 Å². The Labute approximate surface area is 182 Å². The fraction of sp³-hybridized carbons (Fsp3) is 0.0833. The number of aromatic nitrogens is 2. The van der Waals surface area contributed by atoms with Crippen molar-refractivity contribution in [3.05, 3.63) is 112 Å². The van der Waals surface area contributed by atoms with E-state index in [2.05, 4.69) is 5.10 Å². The quantitative estimate of drug-likeness (QED) is 0.397. The maximum atomic E-state index is 13.5. The number of hydrogen-bond acceptors (Lipinski definition) is 5. The monoisotopic (exact) mass is 432 g/mol. The number of nitrogens with zero attached hydrogens (tertiary/aromatic N) is 2. The lowest BCUT2D eigenvalue weighted by Crippen LogP contribution is -2.25. The topological polar surface area (TPSA) is 53.4 Å². The lowest BCUT2D eigenvalue weighted by atomic mass is 9.96. The summed E-state index contributed by atoms with van der Waals surface area (Å²) < 4.78 is 25.5. The summed E-state index contributed by atoms with van der Waals surface area (Å²) in [6, 6.07) is 23.2. The molecule has 1 aromatic heterocycles. The van der Waals surface area contributed by atoms with Crippen molar-refractivity contribution in [3.8, 4) is 22.3 Å². The molecule has 0 atom stereocenters. The summed E-state index contributed by atoms with van der Waals surface area (Å²) in [6.07, 6.45) is 1.30. The number of rotatable bonds is 5. The number of benzene rings is 3. The lowest BCUT2D eigenvalue weighted by Gasteiger charge is -2.23. The summed E-state index contributed by atoms with van der Waals surface area (Å²) in [6.45, 7) is 0.348. The highest BCUT2D eigenvalue weighted by Crippen LogP contribution is 2.39. The molecule has 5 rings (SSSR count). The Hall–Kier alpha value is -3.26. The van der Waals surface area contributed by atoms with Gasteiger partial charge in [-0.1, -0.05) is 66.7 Å². The van der Waals surface area contributed by atoms with E-state index in [0.717, 1.165) is 29.0 Å². The third kappa shape index (κ3) is 4.03. The van der Waals surface area contributed by atoms with Gasteiger partial charge in [-0.25, -0.2) is 9.07 Å². The largest absolute Gasteiger partial charge is 0.275 e. The van der Waals surface area contributed by atoms with E-state index < -0.39 is 0 Å². The highest BCUT2D eigenvalue weighted by molar-refractivity contribution is 7.90. The van der Waals surface area contributed by atoms with Crippen LogP contribution in [-0.4, -0.2) is 9.78 Å². The van der Waals surface area contributed by atoms with E-state index in [1.54, 1.807) is 18.3 Å². The van der Waals surface area contributed by atoms with Gasteiger partial charge in [-0.05, 0) is 28.8 Å². The molecule has 0 N–H and O–H groups in total. The predicted octanol–water partition coefficient (Wildman–Crippen LogP) is 5.37. The van der Waals surface area contributed by atoms with Gasteiger partial charge in [0.2, 0.25) is 6.29 Å². The smallest absolute Gasteiger partial charge is 0.267 e. The molecule has 154 valence electrons. The van der Waals surface area contributed by atoms with Crippen LogP contribution >= 0.6 is 12.3 Å². The van der Waals surface area contributed by atoms with Crippen LogP contribution in [0.1, 0.15) is 17.4 Å². The van der Waals surface area contributed by atoms with Gasteiger partial charge in [-0.3, -0.25) is 13.2 Å². The summed E-state index contributed by atoms with van der Waals surface area (Å²) in [5.41, 5.74) is 4.24. The van der Waals surface area contributed by atoms with E-state index in [1.807, 2.05) is 54.6 Å². The minimum Gasteiger partial charge on any atom is -0.267 e. The second-order valence-electron chi connectivity index (χ2n) is 7.10. The van der Waals surface area contributed by atoms with Gasteiger partial charge in [0.05, 0.1) is 18.3 Å². The molecular weight excluding hydrogens is 415 g/mol. The molecule has 5 nitrogen and oxygen atoms in total. The molecule has 1 aliphatic heterocycles. The summed E-state index contributed by atoms with van der Waals surface area (Å²) in [7, 11) is 0. The zero-order chi connectivity index (χ0) is 21.2. The van der Waals surface area contributed by atoms with Crippen molar-refractivity contribution in [3.63, 3.8) is 0 Å². The maximum absolute atomic E-state index is 13.5. The minimum absolute atomic E-state index is 0.237. The van der Waals surface area contributed by atoms with Gasteiger partial charge in [-0.15, -0.1) is 0 Å². The fourth-order valence-corrected chi connectivity index (χ4v) is 3.86. The van der Waals surface area contributed by atoms with Gasteiger partial charge in [0.25, 0.3) is 5.56 Å². The van der Waals surface area contributed by atoms with Gasteiger partial charge in [0, 0.05) is 11.1 Å². The molecular formula is C24H17FN2O3S. The van der Waals surface area contributed by atoms with Gasteiger partial charge in [0.15, 0.2) is 12.3 Å². The average Bonchev–Trinajstić information content (AvgIpc) is 2.76. The van der Waals surface area contributed by atoms with Crippen molar-refractivity contribution >= 4 is 12.3 Å². The van der Waals surface area contributed by atoms with Gasteiger partial charge >= 0.3 is 0 Å². The Morgan fingerprint density at radius 2 is 1.58 bits per heavy atom. The van der Waals surface area contributed by atoms with Crippen molar-refractivity contribution in [2.45, 2.75) is 12.8 Å². The van der Waals surface area contributed by atoms with Crippen molar-refractivity contribution in [1.82, 2.24) is 9.78 Å². The first kappa shape index (κ1) is 19.7. The van der Waals surface area contributed by atoms with Crippen LogP contribution in [0.25, 0.3) is 22.3 Å². The minimum atomic E-state index is -0.382. The van der Waals surface area contributed by atoms with Crippen molar-refractivity contribution in [2.24, 2.45) is 0 Å². The van der Waals surface area contributed by atoms with E-state index >= 15 is 0 Å². The SMILES string of the molecule is O=c1c(-c2ccc(F)cc2)c(-c2ccc(C3OSO3)cc2)cnn1Cc1ccccc1. The first-order valence-electron chi connectivity index (χ1n) is 9.68. The molecule has 1 aliphatic rings. The Balaban J connectivity index is 1.60. The highest BCUT2D eigenvalue weighted by atomic mass is 32.2. The molecule has 0 spiro atoms. The molecule has 0 bridgehead atoms. The number of hydrogen-bond donors (Lipinski definition) is 0. The fourth-order valence-electron chi connectivity index (χ4n) is 3.48. The summed E-state index contributed by atoms with van der Waals surface area (Å²) >= 11 is 0.961. The van der Waals surface area contributed by atoms with Crippen molar-refractivity contribution in [2.75, 3.05) is 0 Å². The second-order valence-corrected chi connectivity index (χ2v) is 7.62. The van der Waals surface area contributed by atoms with Crippen LogP contribution < -0.4 is 5.56 Å². The molecule has 3 aromatic carbocycles. The Bertz CT molecular complexity index is 1260. The van der Waals surface area contributed by atoms with Crippen LogP contribution in [0.4, 0.5) is 4.39 Å². The predicted molar refractivity (Wildman–Crippen MR) is 117 cm³/mol. The first-order valence-corrected chi connectivity index (χ1v) is 10.3. The molecule has 2 heterocycles. The zero-order valence-electron chi connectivity index (χ0n) is 16.3. The van der Waals surface area contributed by atoms with Crippen molar-refractivity contribution < 1.29 is 12.8 Å². The van der Waals surface area contributed by atoms with E-state index in [9.17, 15) is 9.18 Å². The van der Waals surface area contributed by atoms with Gasteiger partial charge < -0.3 is 0 Å². The molecule has 0 saturated carbocycles. The molecule has 31 heavy (non-hydrogen) atoms. The average molecular weight is 432 g/mol. The first-order chi connectivity index (χ1) is 15.2. The number of halogens is 1.